The smallest absolute Gasteiger partial charge is 0.319 e. The number of rotatable bonds is 6. The summed E-state index contributed by atoms with van der Waals surface area (Å²) in [6, 6.07) is 17.3. The van der Waals surface area contributed by atoms with Crippen LogP contribution in [0.2, 0.25) is 0 Å². The van der Waals surface area contributed by atoms with Crippen molar-refractivity contribution in [3.05, 3.63) is 82.9 Å². The van der Waals surface area contributed by atoms with E-state index in [1.807, 2.05) is 74.5 Å². The third kappa shape index (κ3) is 3.86. The van der Waals surface area contributed by atoms with Crippen LogP contribution in [0.4, 0.5) is 4.79 Å². The van der Waals surface area contributed by atoms with Crippen molar-refractivity contribution in [2.45, 2.75) is 52.1 Å². The normalized spacial score (nSPS) is 19.1. The molecule has 0 saturated carbocycles. The molecule has 1 aliphatic heterocycles. The molecule has 0 spiro atoms. The molecule has 0 aromatic heterocycles. The van der Waals surface area contributed by atoms with Gasteiger partial charge in [0.05, 0.1) is 6.54 Å². The Bertz CT molecular complexity index is 881. The quantitative estimate of drug-likeness (QED) is 0.562. The summed E-state index contributed by atoms with van der Waals surface area (Å²) in [6.07, 6.45) is 2.45. The first-order chi connectivity index (χ1) is 13.3. The minimum atomic E-state index is -1.06. The maximum Gasteiger partial charge on any atom is 0.325 e. The van der Waals surface area contributed by atoms with E-state index in [2.05, 4.69) is 19.2 Å². The lowest BCUT2D eigenvalue weighted by Crippen LogP contribution is -2.43. The number of hydrogen-bond acceptors (Lipinski definition) is 2. The fourth-order valence-corrected chi connectivity index (χ4v) is 3.50. The van der Waals surface area contributed by atoms with Crippen LogP contribution in [0, 0.1) is 0 Å². The highest BCUT2D eigenvalue weighted by atomic mass is 16.2. The van der Waals surface area contributed by atoms with E-state index in [-0.39, 0.29) is 18.5 Å². The number of nitrogens with zero attached hydrogens (tertiary/aromatic N) is 1. The van der Waals surface area contributed by atoms with Gasteiger partial charge in [-0.3, -0.25) is 9.69 Å². The fourth-order valence-electron chi connectivity index (χ4n) is 3.50. The Labute approximate surface area is 167 Å². The lowest BCUT2D eigenvalue weighted by atomic mass is 9.84. The molecule has 146 valence electrons. The van der Waals surface area contributed by atoms with Crippen LogP contribution in [0.5, 0.6) is 0 Å². The number of benzene rings is 2. The van der Waals surface area contributed by atoms with Crippen LogP contribution >= 0.6 is 0 Å². The summed E-state index contributed by atoms with van der Waals surface area (Å²) >= 11 is 0. The van der Waals surface area contributed by atoms with Crippen LogP contribution in [0.3, 0.4) is 0 Å². The first-order valence-corrected chi connectivity index (χ1v) is 9.75. The number of amides is 3. The van der Waals surface area contributed by atoms with Gasteiger partial charge in [0.1, 0.15) is 5.54 Å². The van der Waals surface area contributed by atoms with Gasteiger partial charge in [-0.15, -0.1) is 0 Å². The van der Waals surface area contributed by atoms with Crippen LogP contribution in [0.25, 0.3) is 0 Å². The van der Waals surface area contributed by atoms with E-state index < -0.39 is 5.54 Å². The standard InChI is InChI=1S/C24H28N2O2/c1-17(2)14-15-24(21-12-10-20(11-13-21)18(3)4)22(27)26(23(28)25-24)16-19-8-6-5-7-9-19/h5-14,18H,15-16H2,1-4H3,(H,25,28). The topological polar surface area (TPSA) is 49.4 Å². The Balaban J connectivity index is 1.98. The number of carbonyl (C=O) groups is 2. The Kier molecular flexibility index (Phi) is 5.68. The summed E-state index contributed by atoms with van der Waals surface area (Å²) in [4.78, 5) is 27.6. The molecule has 3 rings (SSSR count). The molecule has 4 nitrogen and oxygen atoms in total. The third-order valence-electron chi connectivity index (χ3n) is 5.25. The van der Waals surface area contributed by atoms with Gasteiger partial charge in [-0.2, -0.15) is 0 Å². The summed E-state index contributed by atoms with van der Waals surface area (Å²) in [7, 11) is 0. The van der Waals surface area contributed by atoms with E-state index in [4.69, 9.17) is 0 Å². The lowest BCUT2D eigenvalue weighted by molar-refractivity contribution is -0.132. The molecule has 2 aromatic carbocycles. The Hall–Kier alpha value is -2.88. The molecular formula is C24H28N2O2. The molecule has 1 saturated heterocycles. The number of carbonyl (C=O) groups excluding carboxylic acids is 2. The van der Waals surface area contributed by atoms with Crippen molar-refractivity contribution in [3.63, 3.8) is 0 Å². The monoisotopic (exact) mass is 376 g/mol. The summed E-state index contributed by atoms with van der Waals surface area (Å²) in [5, 5.41) is 3.00. The molecule has 2 aromatic rings. The van der Waals surface area contributed by atoms with Crippen molar-refractivity contribution >= 4 is 11.9 Å². The van der Waals surface area contributed by atoms with Gasteiger partial charge >= 0.3 is 6.03 Å². The molecule has 1 N–H and O–H groups in total. The average molecular weight is 377 g/mol. The Morgan fingerprint density at radius 3 is 2.25 bits per heavy atom. The lowest BCUT2D eigenvalue weighted by Gasteiger charge is -2.27. The van der Waals surface area contributed by atoms with Crippen LogP contribution in [0.15, 0.2) is 66.2 Å². The SMILES string of the molecule is CC(C)=CCC1(c2ccc(C(C)C)cc2)NC(=O)N(Cc2ccccc2)C1=O. The van der Waals surface area contributed by atoms with E-state index in [1.54, 1.807) is 0 Å². The van der Waals surface area contributed by atoms with E-state index in [9.17, 15) is 9.59 Å². The number of allylic oxidation sites excluding steroid dienone is 1. The number of nitrogens with one attached hydrogen (secondary N) is 1. The predicted octanol–water partition coefficient (Wildman–Crippen LogP) is 5.11. The van der Waals surface area contributed by atoms with E-state index in [1.165, 1.54) is 10.5 Å². The van der Waals surface area contributed by atoms with Gasteiger partial charge < -0.3 is 5.32 Å². The van der Waals surface area contributed by atoms with Gasteiger partial charge in [0.25, 0.3) is 5.91 Å². The van der Waals surface area contributed by atoms with Crippen LogP contribution in [-0.2, 0) is 16.9 Å². The minimum absolute atomic E-state index is 0.198. The first-order valence-electron chi connectivity index (χ1n) is 9.75. The molecule has 1 fully saturated rings. The second kappa shape index (κ2) is 8.01. The van der Waals surface area contributed by atoms with Gasteiger partial charge in [-0.1, -0.05) is 80.1 Å². The molecule has 1 aliphatic rings. The zero-order valence-corrected chi connectivity index (χ0v) is 17.0. The largest absolute Gasteiger partial charge is 0.325 e. The Morgan fingerprint density at radius 1 is 1.04 bits per heavy atom. The molecule has 0 radical (unpaired) electrons. The fraction of sp³-hybridized carbons (Fsp3) is 0.333. The van der Waals surface area contributed by atoms with Crippen LogP contribution in [0.1, 0.15) is 56.7 Å². The highest BCUT2D eigenvalue weighted by Gasteiger charge is 2.51. The molecule has 1 atom stereocenters. The zero-order chi connectivity index (χ0) is 20.3. The molecule has 4 heteroatoms. The summed E-state index contributed by atoms with van der Waals surface area (Å²) in [6.45, 7) is 8.54. The van der Waals surface area contributed by atoms with Gasteiger partial charge in [-0.25, -0.2) is 4.79 Å². The van der Waals surface area contributed by atoms with Gasteiger partial charge in [-0.05, 0) is 36.5 Å². The zero-order valence-electron chi connectivity index (χ0n) is 17.0. The highest BCUT2D eigenvalue weighted by molar-refractivity contribution is 6.07. The van der Waals surface area contributed by atoms with E-state index in [0.29, 0.717) is 12.3 Å². The van der Waals surface area contributed by atoms with Crippen molar-refractivity contribution in [1.82, 2.24) is 10.2 Å². The van der Waals surface area contributed by atoms with Crippen molar-refractivity contribution in [2.24, 2.45) is 0 Å². The van der Waals surface area contributed by atoms with Crippen molar-refractivity contribution in [1.29, 1.82) is 0 Å². The molecule has 3 amide bonds. The molecule has 0 aliphatic carbocycles. The van der Waals surface area contributed by atoms with Gasteiger partial charge in [0.15, 0.2) is 0 Å². The van der Waals surface area contributed by atoms with Crippen LogP contribution < -0.4 is 5.32 Å². The second-order valence-electron chi connectivity index (χ2n) is 7.97. The summed E-state index contributed by atoms with van der Waals surface area (Å²) in [5.41, 5.74) is 3.02. The number of urea groups is 1. The van der Waals surface area contributed by atoms with Gasteiger partial charge in [0.2, 0.25) is 0 Å². The van der Waals surface area contributed by atoms with Crippen molar-refractivity contribution < 1.29 is 9.59 Å². The van der Waals surface area contributed by atoms with Gasteiger partial charge in [0, 0.05) is 6.42 Å². The third-order valence-corrected chi connectivity index (χ3v) is 5.25. The molecule has 1 heterocycles. The van der Waals surface area contributed by atoms with Crippen molar-refractivity contribution in [3.8, 4) is 0 Å². The minimum Gasteiger partial charge on any atom is -0.319 e. The maximum atomic E-state index is 13.5. The molecule has 28 heavy (non-hydrogen) atoms. The van der Waals surface area contributed by atoms with Crippen LogP contribution in [-0.4, -0.2) is 16.8 Å². The summed E-state index contributed by atoms with van der Waals surface area (Å²) in [5.74, 6) is 0.211. The predicted molar refractivity (Wildman–Crippen MR) is 112 cm³/mol. The molecular weight excluding hydrogens is 348 g/mol. The first kappa shape index (κ1) is 19.9. The average Bonchev–Trinajstić information content (AvgIpc) is 2.92. The highest BCUT2D eigenvalue weighted by Crippen LogP contribution is 2.35. The second-order valence-corrected chi connectivity index (χ2v) is 7.97. The summed E-state index contributed by atoms with van der Waals surface area (Å²) < 4.78 is 0. The van der Waals surface area contributed by atoms with E-state index in [0.717, 1.165) is 16.7 Å². The maximum absolute atomic E-state index is 13.5. The molecule has 0 bridgehead atoms. The van der Waals surface area contributed by atoms with Crippen molar-refractivity contribution in [2.75, 3.05) is 0 Å². The Morgan fingerprint density at radius 2 is 1.68 bits per heavy atom. The molecule has 1 unspecified atom stereocenters. The number of hydrogen-bond donors (Lipinski definition) is 1. The van der Waals surface area contributed by atoms with E-state index >= 15 is 0 Å². The number of imide groups is 1.